The van der Waals surface area contributed by atoms with Gasteiger partial charge < -0.3 is 14.8 Å². The first-order valence-electron chi connectivity index (χ1n) is 7.43. The first-order valence-corrected chi connectivity index (χ1v) is 7.43. The highest BCUT2D eigenvalue weighted by molar-refractivity contribution is 5.83. The van der Waals surface area contributed by atoms with Crippen LogP contribution in [0.25, 0.3) is 0 Å². The first-order chi connectivity index (χ1) is 10.5. The standard InChI is InChI=1S/C16H20FNO4/c1-11(16(20)18-13-4-2-3-5-13)22-15(19)10-21-14-8-6-12(17)7-9-14/h6-9,11,13H,2-5,10H2,1H3,(H,18,20)/t11-/m0/s1. The molecule has 5 nitrogen and oxygen atoms in total. The van der Waals surface area contributed by atoms with Gasteiger partial charge in [0, 0.05) is 6.04 Å². The fraction of sp³-hybridized carbons (Fsp3) is 0.500. The van der Waals surface area contributed by atoms with E-state index in [1.54, 1.807) is 0 Å². The summed E-state index contributed by atoms with van der Waals surface area (Å²) in [6.45, 7) is 1.20. The lowest BCUT2D eigenvalue weighted by Gasteiger charge is -2.17. The Hall–Kier alpha value is -2.11. The molecular formula is C16H20FNO4. The summed E-state index contributed by atoms with van der Waals surface area (Å²) in [5.74, 6) is -0.950. The number of carbonyl (C=O) groups excluding carboxylic acids is 2. The lowest BCUT2D eigenvalue weighted by Crippen LogP contribution is -2.41. The molecule has 1 fully saturated rings. The number of benzene rings is 1. The van der Waals surface area contributed by atoms with Crippen LogP contribution >= 0.6 is 0 Å². The predicted molar refractivity (Wildman–Crippen MR) is 77.8 cm³/mol. The molecule has 0 spiro atoms. The van der Waals surface area contributed by atoms with Crippen LogP contribution in [-0.4, -0.2) is 30.6 Å². The molecule has 1 N–H and O–H groups in total. The third-order valence-electron chi connectivity index (χ3n) is 3.55. The third kappa shape index (κ3) is 5.02. The molecule has 1 saturated carbocycles. The molecule has 0 radical (unpaired) electrons. The van der Waals surface area contributed by atoms with Gasteiger partial charge in [0.05, 0.1) is 0 Å². The van der Waals surface area contributed by atoms with Crippen molar-refractivity contribution in [1.82, 2.24) is 5.32 Å². The quantitative estimate of drug-likeness (QED) is 0.818. The fourth-order valence-corrected chi connectivity index (χ4v) is 2.35. The van der Waals surface area contributed by atoms with Crippen LogP contribution < -0.4 is 10.1 Å². The lowest BCUT2D eigenvalue weighted by molar-refractivity contribution is -0.156. The summed E-state index contributed by atoms with van der Waals surface area (Å²) in [5, 5.41) is 2.87. The van der Waals surface area contributed by atoms with E-state index in [1.165, 1.54) is 31.2 Å². The Morgan fingerprint density at radius 3 is 2.55 bits per heavy atom. The number of rotatable bonds is 6. The molecule has 6 heteroatoms. The summed E-state index contributed by atoms with van der Waals surface area (Å²) in [7, 11) is 0. The van der Waals surface area contributed by atoms with E-state index in [0.717, 1.165) is 25.7 Å². The molecule has 1 aromatic carbocycles. The maximum Gasteiger partial charge on any atom is 0.344 e. The number of halogens is 1. The second-order valence-electron chi connectivity index (χ2n) is 5.36. The number of esters is 1. The van der Waals surface area contributed by atoms with Gasteiger partial charge in [0.1, 0.15) is 11.6 Å². The van der Waals surface area contributed by atoms with Crippen molar-refractivity contribution in [2.75, 3.05) is 6.61 Å². The van der Waals surface area contributed by atoms with E-state index in [-0.39, 0.29) is 24.4 Å². The van der Waals surface area contributed by atoms with Gasteiger partial charge in [-0.15, -0.1) is 0 Å². The van der Waals surface area contributed by atoms with Gasteiger partial charge in [-0.1, -0.05) is 12.8 Å². The summed E-state index contributed by atoms with van der Waals surface area (Å²) in [6.07, 6.45) is 3.32. The summed E-state index contributed by atoms with van der Waals surface area (Å²) >= 11 is 0. The SMILES string of the molecule is C[C@H](OC(=O)COc1ccc(F)cc1)C(=O)NC1CCCC1. The molecule has 1 amide bonds. The fourth-order valence-electron chi connectivity index (χ4n) is 2.35. The van der Waals surface area contributed by atoms with Gasteiger partial charge in [-0.25, -0.2) is 9.18 Å². The number of hydrogen-bond donors (Lipinski definition) is 1. The first kappa shape index (κ1) is 16.3. The molecule has 0 bridgehead atoms. The highest BCUT2D eigenvalue weighted by Crippen LogP contribution is 2.17. The Kier molecular flexibility index (Phi) is 5.75. The summed E-state index contributed by atoms with van der Waals surface area (Å²) < 4.78 is 22.9. The number of carbonyl (C=O) groups is 2. The minimum absolute atomic E-state index is 0.184. The van der Waals surface area contributed by atoms with Gasteiger partial charge in [0.2, 0.25) is 0 Å². The highest BCUT2D eigenvalue weighted by Gasteiger charge is 2.23. The van der Waals surface area contributed by atoms with Crippen LogP contribution in [0.5, 0.6) is 5.75 Å². The van der Waals surface area contributed by atoms with E-state index in [1.807, 2.05) is 0 Å². The number of ether oxygens (including phenoxy) is 2. The molecule has 1 aliphatic rings. The van der Waals surface area contributed by atoms with Crippen LogP contribution in [-0.2, 0) is 14.3 Å². The zero-order chi connectivity index (χ0) is 15.9. The van der Waals surface area contributed by atoms with Crippen LogP contribution in [0.3, 0.4) is 0 Å². The van der Waals surface area contributed by atoms with Gasteiger partial charge >= 0.3 is 5.97 Å². The van der Waals surface area contributed by atoms with Gasteiger partial charge in [-0.2, -0.15) is 0 Å². The second-order valence-corrected chi connectivity index (χ2v) is 5.36. The van der Waals surface area contributed by atoms with E-state index < -0.39 is 12.1 Å². The van der Waals surface area contributed by atoms with Crippen LogP contribution in [0, 0.1) is 5.82 Å². The van der Waals surface area contributed by atoms with Gasteiger partial charge in [-0.3, -0.25) is 4.79 Å². The smallest absolute Gasteiger partial charge is 0.344 e. The summed E-state index contributed by atoms with van der Waals surface area (Å²) in [6, 6.07) is 5.48. The molecule has 0 unspecified atom stereocenters. The maximum absolute atomic E-state index is 12.7. The Labute approximate surface area is 128 Å². The largest absolute Gasteiger partial charge is 0.482 e. The van der Waals surface area contributed by atoms with E-state index >= 15 is 0 Å². The van der Waals surface area contributed by atoms with E-state index in [2.05, 4.69) is 5.32 Å². The summed E-state index contributed by atoms with van der Waals surface area (Å²) in [5.41, 5.74) is 0. The minimum atomic E-state index is -0.857. The molecular weight excluding hydrogens is 289 g/mol. The van der Waals surface area contributed by atoms with Crippen molar-refractivity contribution in [2.45, 2.75) is 44.8 Å². The van der Waals surface area contributed by atoms with Crippen molar-refractivity contribution in [2.24, 2.45) is 0 Å². The maximum atomic E-state index is 12.7. The van der Waals surface area contributed by atoms with Crippen molar-refractivity contribution in [1.29, 1.82) is 0 Å². The summed E-state index contributed by atoms with van der Waals surface area (Å²) in [4.78, 5) is 23.5. The number of nitrogens with one attached hydrogen (secondary N) is 1. The molecule has 120 valence electrons. The molecule has 22 heavy (non-hydrogen) atoms. The van der Waals surface area contributed by atoms with Crippen molar-refractivity contribution < 1.29 is 23.5 Å². The zero-order valence-corrected chi connectivity index (χ0v) is 12.5. The highest BCUT2D eigenvalue weighted by atomic mass is 19.1. The Morgan fingerprint density at radius 1 is 1.27 bits per heavy atom. The predicted octanol–water partition coefficient (Wildman–Crippen LogP) is 2.20. The number of hydrogen-bond acceptors (Lipinski definition) is 4. The van der Waals surface area contributed by atoms with Crippen molar-refractivity contribution in [3.05, 3.63) is 30.1 Å². The van der Waals surface area contributed by atoms with E-state index in [9.17, 15) is 14.0 Å². The van der Waals surface area contributed by atoms with Crippen molar-refractivity contribution >= 4 is 11.9 Å². The van der Waals surface area contributed by atoms with Crippen molar-refractivity contribution in [3.8, 4) is 5.75 Å². The molecule has 0 aliphatic heterocycles. The second kappa shape index (κ2) is 7.77. The molecule has 0 aromatic heterocycles. The van der Waals surface area contributed by atoms with Gasteiger partial charge in [-0.05, 0) is 44.0 Å². The Morgan fingerprint density at radius 2 is 1.91 bits per heavy atom. The average Bonchev–Trinajstić information content (AvgIpc) is 2.99. The molecule has 0 saturated heterocycles. The van der Waals surface area contributed by atoms with Crippen LogP contribution in [0.4, 0.5) is 4.39 Å². The average molecular weight is 309 g/mol. The van der Waals surface area contributed by atoms with E-state index in [0.29, 0.717) is 5.75 Å². The minimum Gasteiger partial charge on any atom is -0.482 e. The van der Waals surface area contributed by atoms with Gasteiger partial charge in [0.15, 0.2) is 12.7 Å². The molecule has 0 heterocycles. The van der Waals surface area contributed by atoms with Crippen LogP contribution in [0.15, 0.2) is 24.3 Å². The monoisotopic (exact) mass is 309 g/mol. The zero-order valence-electron chi connectivity index (χ0n) is 12.5. The topological polar surface area (TPSA) is 64.6 Å². The third-order valence-corrected chi connectivity index (χ3v) is 3.55. The van der Waals surface area contributed by atoms with E-state index in [4.69, 9.17) is 9.47 Å². The number of amides is 1. The Bertz CT molecular complexity index is 511. The van der Waals surface area contributed by atoms with Gasteiger partial charge in [0.25, 0.3) is 5.91 Å². The normalized spacial score (nSPS) is 16.1. The molecule has 1 atom stereocenters. The van der Waals surface area contributed by atoms with Crippen molar-refractivity contribution in [3.63, 3.8) is 0 Å². The Balaban J connectivity index is 1.71. The molecule has 1 aromatic rings. The van der Waals surface area contributed by atoms with Crippen LogP contribution in [0.1, 0.15) is 32.6 Å². The van der Waals surface area contributed by atoms with Crippen LogP contribution in [0.2, 0.25) is 0 Å². The molecule has 1 aliphatic carbocycles. The lowest BCUT2D eigenvalue weighted by atomic mass is 10.2. The molecule has 2 rings (SSSR count).